The van der Waals surface area contributed by atoms with Crippen LogP contribution in [0.25, 0.3) is 22.3 Å². The van der Waals surface area contributed by atoms with E-state index >= 15 is 0 Å². The van der Waals surface area contributed by atoms with Gasteiger partial charge in [0.1, 0.15) is 5.75 Å². The van der Waals surface area contributed by atoms with Gasteiger partial charge in [-0.3, -0.25) is 0 Å². The second-order valence-electron chi connectivity index (χ2n) is 6.27. The zero-order valence-corrected chi connectivity index (χ0v) is 14.4. The summed E-state index contributed by atoms with van der Waals surface area (Å²) >= 11 is 0. The molecule has 2 N–H and O–H groups in total. The molecule has 0 amide bonds. The average Bonchev–Trinajstić information content (AvgIpc) is 2.62. The van der Waals surface area contributed by atoms with Crippen LogP contribution in [0.3, 0.4) is 0 Å². The smallest absolute Gasteiger partial charge is 0.146 e. The summed E-state index contributed by atoms with van der Waals surface area (Å²) in [5.74, 6) is 0.750. The number of hydrogen-bond donors (Lipinski definition) is 2. The highest BCUT2D eigenvalue weighted by Gasteiger charge is 2.11. The minimum absolute atomic E-state index is 0.286. The Morgan fingerprint density at radius 2 is 1.42 bits per heavy atom. The number of rotatable bonds is 4. The molecule has 24 heavy (non-hydrogen) atoms. The molecule has 0 bridgehead atoms. The predicted molar refractivity (Wildman–Crippen MR) is 103 cm³/mol. The predicted octanol–water partition coefficient (Wildman–Crippen LogP) is 5.89. The van der Waals surface area contributed by atoms with Gasteiger partial charge in [0.25, 0.3) is 0 Å². The molecule has 3 aromatic rings. The van der Waals surface area contributed by atoms with Crippen LogP contribution in [0.5, 0.6) is 5.75 Å². The Kier molecular flexibility index (Phi) is 4.57. The first kappa shape index (κ1) is 16.1. The van der Waals surface area contributed by atoms with Crippen molar-refractivity contribution < 1.29 is 5.11 Å². The van der Waals surface area contributed by atoms with Crippen molar-refractivity contribution in [3.05, 3.63) is 72.3 Å². The number of anilines is 1. The first-order valence-electron chi connectivity index (χ1n) is 8.31. The van der Waals surface area contributed by atoms with Gasteiger partial charge >= 0.3 is 0 Å². The molecule has 3 aromatic carbocycles. The largest absolute Gasteiger partial charge is 0.505 e. The van der Waals surface area contributed by atoms with E-state index in [1.54, 1.807) is 0 Å². The molecule has 0 spiro atoms. The van der Waals surface area contributed by atoms with E-state index in [2.05, 4.69) is 55.6 Å². The number of phenolic OH excluding ortho intramolecular Hbond substituents is 1. The van der Waals surface area contributed by atoms with Gasteiger partial charge in [-0.2, -0.15) is 0 Å². The summed E-state index contributed by atoms with van der Waals surface area (Å²) < 4.78 is 0. The van der Waals surface area contributed by atoms with Crippen molar-refractivity contribution in [2.24, 2.45) is 0 Å². The number of benzene rings is 3. The molecule has 0 fully saturated rings. The van der Waals surface area contributed by atoms with Gasteiger partial charge < -0.3 is 10.4 Å². The van der Waals surface area contributed by atoms with Crippen molar-refractivity contribution >= 4 is 5.69 Å². The van der Waals surface area contributed by atoms with E-state index in [0.29, 0.717) is 5.92 Å². The second kappa shape index (κ2) is 6.79. The lowest BCUT2D eigenvalue weighted by Crippen LogP contribution is -1.93. The number of para-hydroxylation sites is 1. The van der Waals surface area contributed by atoms with Crippen LogP contribution < -0.4 is 5.32 Å². The lowest BCUT2D eigenvalue weighted by Gasteiger charge is -2.14. The first-order valence-corrected chi connectivity index (χ1v) is 8.31. The van der Waals surface area contributed by atoms with E-state index in [0.717, 1.165) is 16.8 Å². The summed E-state index contributed by atoms with van der Waals surface area (Å²) in [4.78, 5) is 0. The molecule has 0 atom stereocenters. The van der Waals surface area contributed by atoms with Crippen LogP contribution >= 0.6 is 0 Å². The molecule has 0 saturated heterocycles. The molecule has 0 unspecified atom stereocenters. The van der Waals surface area contributed by atoms with E-state index < -0.39 is 0 Å². The third-order valence-corrected chi connectivity index (χ3v) is 4.37. The summed E-state index contributed by atoms with van der Waals surface area (Å²) in [6, 6.07) is 22.7. The van der Waals surface area contributed by atoms with Crippen molar-refractivity contribution in [1.29, 1.82) is 0 Å². The Bertz CT molecular complexity index is 852. The Balaban J connectivity index is 2.12. The third-order valence-electron chi connectivity index (χ3n) is 4.37. The lowest BCUT2D eigenvalue weighted by atomic mass is 9.91. The first-order chi connectivity index (χ1) is 11.6. The Morgan fingerprint density at radius 1 is 0.792 bits per heavy atom. The monoisotopic (exact) mass is 317 g/mol. The lowest BCUT2D eigenvalue weighted by molar-refractivity contribution is 0.479. The van der Waals surface area contributed by atoms with Crippen molar-refractivity contribution in [1.82, 2.24) is 0 Å². The van der Waals surface area contributed by atoms with Crippen LogP contribution in [0.15, 0.2) is 66.7 Å². The molecule has 2 heteroatoms. The van der Waals surface area contributed by atoms with Crippen molar-refractivity contribution in [3.8, 4) is 28.0 Å². The minimum Gasteiger partial charge on any atom is -0.505 e. The third kappa shape index (κ3) is 3.00. The van der Waals surface area contributed by atoms with Gasteiger partial charge in [-0.15, -0.1) is 0 Å². The molecule has 0 radical (unpaired) electrons. The second-order valence-corrected chi connectivity index (χ2v) is 6.27. The van der Waals surface area contributed by atoms with Gasteiger partial charge in [-0.05, 0) is 40.3 Å². The highest BCUT2D eigenvalue weighted by molar-refractivity contribution is 5.81. The highest BCUT2D eigenvalue weighted by atomic mass is 16.3. The van der Waals surface area contributed by atoms with Crippen LogP contribution in [0.4, 0.5) is 5.69 Å². The summed E-state index contributed by atoms with van der Waals surface area (Å²) in [5.41, 5.74) is 6.35. The van der Waals surface area contributed by atoms with Gasteiger partial charge in [-0.25, -0.2) is 0 Å². The van der Waals surface area contributed by atoms with Gasteiger partial charge in [0, 0.05) is 12.6 Å². The standard InChI is InChI=1S/C22H23NO/c1-15(2)18-10-4-5-11-19(18)16-8-6-9-17(14-16)20-12-7-13-21(23-3)22(20)24/h4-15,23-24H,1-3H3. The Labute approximate surface area is 143 Å². The summed E-state index contributed by atoms with van der Waals surface area (Å²) in [6.07, 6.45) is 0. The van der Waals surface area contributed by atoms with Crippen LogP contribution in [0, 0.1) is 0 Å². The number of phenols is 1. The average molecular weight is 317 g/mol. The Hall–Kier alpha value is -2.74. The fourth-order valence-corrected chi connectivity index (χ4v) is 3.10. The molecule has 0 aliphatic carbocycles. The van der Waals surface area contributed by atoms with E-state index in [9.17, 15) is 5.11 Å². The zero-order valence-electron chi connectivity index (χ0n) is 14.4. The normalized spacial score (nSPS) is 10.8. The maximum atomic E-state index is 10.5. The molecule has 3 rings (SSSR count). The van der Waals surface area contributed by atoms with E-state index in [1.165, 1.54) is 16.7 Å². The van der Waals surface area contributed by atoms with Crippen LogP contribution in [-0.4, -0.2) is 12.2 Å². The van der Waals surface area contributed by atoms with Gasteiger partial charge in [0.05, 0.1) is 5.69 Å². The fraction of sp³-hybridized carbons (Fsp3) is 0.182. The quantitative estimate of drug-likeness (QED) is 0.588. The minimum atomic E-state index is 0.286. The summed E-state index contributed by atoms with van der Waals surface area (Å²) in [5, 5.41) is 13.5. The van der Waals surface area contributed by atoms with Gasteiger partial charge in [0.2, 0.25) is 0 Å². The zero-order chi connectivity index (χ0) is 17.1. The SMILES string of the molecule is CNc1cccc(-c2cccc(-c3ccccc3C(C)C)c2)c1O. The maximum absolute atomic E-state index is 10.5. The molecule has 0 aliphatic rings. The molecule has 0 aliphatic heterocycles. The molecule has 0 aromatic heterocycles. The van der Waals surface area contributed by atoms with Crippen molar-refractivity contribution in [2.45, 2.75) is 19.8 Å². The van der Waals surface area contributed by atoms with Crippen LogP contribution in [-0.2, 0) is 0 Å². The fourth-order valence-electron chi connectivity index (χ4n) is 3.10. The number of aromatic hydroxyl groups is 1. The van der Waals surface area contributed by atoms with Gasteiger partial charge in [-0.1, -0.05) is 68.4 Å². The molecule has 0 heterocycles. The van der Waals surface area contributed by atoms with Crippen molar-refractivity contribution in [3.63, 3.8) is 0 Å². The summed E-state index contributed by atoms with van der Waals surface area (Å²) in [7, 11) is 1.81. The maximum Gasteiger partial charge on any atom is 0.146 e. The van der Waals surface area contributed by atoms with E-state index in [-0.39, 0.29) is 5.75 Å². The highest BCUT2D eigenvalue weighted by Crippen LogP contribution is 2.37. The van der Waals surface area contributed by atoms with E-state index in [4.69, 9.17) is 0 Å². The van der Waals surface area contributed by atoms with Crippen LogP contribution in [0.2, 0.25) is 0 Å². The molecule has 2 nitrogen and oxygen atoms in total. The molecular weight excluding hydrogens is 294 g/mol. The number of hydrogen-bond acceptors (Lipinski definition) is 2. The molecular formula is C22H23NO. The number of nitrogens with one attached hydrogen (secondary N) is 1. The van der Waals surface area contributed by atoms with E-state index in [1.807, 2.05) is 37.4 Å². The Morgan fingerprint density at radius 3 is 2.12 bits per heavy atom. The van der Waals surface area contributed by atoms with Crippen LogP contribution in [0.1, 0.15) is 25.3 Å². The molecule has 122 valence electrons. The molecule has 0 saturated carbocycles. The topological polar surface area (TPSA) is 32.3 Å². The summed E-state index contributed by atoms with van der Waals surface area (Å²) in [6.45, 7) is 4.43. The van der Waals surface area contributed by atoms with Crippen molar-refractivity contribution in [2.75, 3.05) is 12.4 Å². The van der Waals surface area contributed by atoms with Gasteiger partial charge in [0.15, 0.2) is 0 Å².